The number of ether oxygens (including phenoxy) is 2. The molecule has 0 aliphatic rings. The Hall–Kier alpha value is -1.27. The fourth-order valence-electron chi connectivity index (χ4n) is 1.48. The molecule has 1 rings (SSSR count). The molecule has 3 nitrogen and oxygen atoms in total. The molecule has 0 spiro atoms. The van der Waals surface area contributed by atoms with Gasteiger partial charge in [0, 0.05) is 26.7 Å². The summed E-state index contributed by atoms with van der Waals surface area (Å²) in [5.74, 6) is 0.190. The first-order valence-electron chi connectivity index (χ1n) is 5.51. The van der Waals surface area contributed by atoms with Crippen LogP contribution in [0.2, 0.25) is 0 Å². The maximum Gasteiger partial charge on any atom is 0.416 e. The molecular weight excluding hydrogens is 247 g/mol. The number of methoxy groups -OCH3 is 1. The summed E-state index contributed by atoms with van der Waals surface area (Å²) < 4.78 is 48.2. The average Bonchev–Trinajstić information content (AvgIpc) is 2.33. The van der Waals surface area contributed by atoms with Gasteiger partial charge in [-0.3, -0.25) is 0 Å². The minimum atomic E-state index is -4.42. The lowest BCUT2D eigenvalue weighted by molar-refractivity contribution is -0.138. The van der Waals surface area contributed by atoms with Crippen LogP contribution in [0.1, 0.15) is 17.5 Å². The second kappa shape index (κ2) is 6.61. The first kappa shape index (κ1) is 14.8. The highest BCUT2D eigenvalue weighted by atomic mass is 19.4. The van der Waals surface area contributed by atoms with Crippen LogP contribution in [0.25, 0.3) is 0 Å². The minimum Gasteiger partial charge on any atom is -0.493 e. The molecular formula is C12H16F3NO2. The van der Waals surface area contributed by atoms with E-state index in [1.54, 1.807) is 7.11 Å². The number of hydrogen-bond donors (Lipinski definition) is 1. The summed E-state index contributed by atoms with van der Waals surface area (Å²) in [6.45, 7) is 0.666. The predicted octanol–water partition coefficient (Wildman–Crippen LogP) is 2.58. The number of nitrogens with two attached hydrogens (primary N) is 1. The van der Waals surface area contributed by atoms with Gasteiger partial charge in [-0.15, -0.1) is 0 Å². The standard InChI is InChI=1S/C12H16F3NO2/c1-17-5-2-6-18-10-4-3-9(8-16)11(7-10)12(13,14)15/h3-4,7H,2,5-6,8,16H2,1H3. The molecule has 0 saturated carbocycles. The minimum absolute atomic E-state index is 0.0618. The van der Waals surface area contributed by atoms with Crippen molar-refractivity contribution in [2.45, 2.75) is 19.1 Å². The Bertz CT molecular complexity index is 380. The largest absolute Gasteiger partial charge is 0.493 e. The zero-order valence-corrected chi connectivity index (χ0v) is 10.1. The third-order valence-electron chi connectivity index (χ3n) is 2.37. The van der Waals surface area contributed by atoms with Gasteiger partial charge in [-0.2, -0.15) is 13.2 Å². The number of halogens is 3. The molecule has 0 aliphatic heterocycles. The van der Waals surface area contributed by atoms with Crippen molar-refractivity contribution in [3.8, 4) is 5.75 Å². The van der Waals surface area contributed by atoms with Crippen LogP contribution in [-0.2, 0) is 17.5 Å². The Morgan fingerprint density at radius 3 is 2.50 bits per heavy atom. The Morgan fingerprint density at radius 1 is 1.22 bits per heavy atom. The Morgan fingerprint density at radius 2 is 1.94 bits per heavy atom. The van der Waals surface area contributed by atoms with Crippen molar-refractivity contribution < 1.29 is 22.6 Å². The fourth-order valence-corrected chi connectivity index (χ4v) is 1.48. The van der Waals surface area contributed by atoms with E-state index in [0.29, 0.717) is 19.6 Å². The normalized spacial score (nSPS) is 11.6. The van der Waals surface area contributed by atoms with Crippen LogP contribution < -0.4 is 10.5 Å². The Labute approximate surface area is 104 Å². The van der Waals surface area contributed by atoms with E-state index in [-0.39, 0.29) is 17.9 Å². The molecule has 0 aromatic heterocycles. The average molecular weight is 263 g/mol. The molecule has 0 amide bonds. The summed E-state index contributed by atoms with van der Waals surface area (Å²) in [4.78, 5) is 0. The van der Waals surface area contributed by atoms with Gasteiger partial charge in [0.05, 0.1) is 12.2 Å². The van der Waals surface area contributed by atoms with E-state index in [2.05, 4.69) is 0 Å². The van der Waals surface area contributed by atoms with Gasteiger partial charge in [0.1, 0.15) is 5.75 Å². The van der Waals surface area contributed by atoms with Crippen LogP contribution in [-0.4, -0.2) is 20.3 Å². The Balaban J connectivity index is 2.77. The van der Waals surface area contributed by atoms with Crippen LogP contribution in [0.4, 0.5) is 13.2 Å². The summed E-state index contributed by atoms with van der Waals surface area (Å²) in [6, 6.07) is 3.81. The molecule has 0 atom stereocenters. The molecule has 0 saturated heterocycles. The molecule has 2 N–H and O–H groups in total. The van der Waals surface area contributed by atoms with Crippen molar-refractivity contribution in [2.24, 2.45) is 5.73 Å². The highest BCUT2D eigenvalue weighted by molar-refractivity contribution is 5.37. The second-order valence-corrected chi connectivity index (χ2v) is 3.72. The third-order valence-corrected chi connectivity index (χ3v) is 2.37. The lowest BCUT2D eigenvalue weighted by atomic mass is 10.1. The van der Waals surface area contributed by atoms with Crippen LogP contribution in [0, 0.1) is 0 Å². The van der Waals surface area contributed by atoms with Crippen LogP contribution >= 0.6 is 0 Å². The molecule has 18 heavy (non-hydrogen) atoms. The molecule has 0 heterocycles. The van der Waals surface area contributed by atoms with Crippen molar-refractivity contribution in [3.63, 3.8) is 0 Å². The maximum absolute atomic E-state index is 12.7. The lowest BCUT2D eigenvalue weighted by Crippen LogP contribution is -2.12. The molecule has 0 radical (unpaired) electrons. The monoisotopic (exact) mass is 263 g/mol. The molecule has 1 aromatic rings. The van der Waals surface area contributed by atoms with E-state index in [4.69, 9.17) is 15.2 Å². The van der Waals surface area contributed by atoms with Gasteiger partial charge >= 0.3 is 6.18 Å². The number of benzene rings is 1. The first-order valence-corrected chi connectivity index (χ1v) is 5.51. The van der Waals surface area contributed by atoms with Crippen molar-refractivity contribution in [1.29, 1.82) is 0 Å². The zero-order valence-electron chi connectivity index (χ0n) is 10.1. The van der Waals surface area contributed by atoms with Crippen LogP contribution in [0.15, 0.2) is 18.2 Å². The molecule has 1 aromatic carbocycles. The SMILES string of the molecule is COCCCOc1ccc(CN)c(C(F)(F)F)c1. The Kier molecular flexibility index (Phi) is 5.43. The summed E-state index contributed by atoms with van der Waals surface area (Å²) in [5.41, 5.74) is 4.60. The number of rotatable bonds is 6. The fraction of sp³-hybridized carbons (Fsp3) is 0.500. The second-order valence-electron chi connectivity index (χ2n) is 3.72. The van der Waals surface area contributed by atoms with Crippen molar-refractivity contribution in [1.82, 2.24) is 0 Å². The van der Waals surface area contributed by atoms with E-state index < -0.39 is 11.7 Å². The van der Waals surface area contributed by atoms with E-state index >= 15 is 0 Å². The van der Waals surface area contributed by atoms with Gasteiger partial charge < -0.3 is 15.2 Å². The van der Waals surface area contributed by atoms with Crippen LogP contribution in [0.3, 0.4) is 0 Å². The van der Waals surface area contributed by atoms with E-state index in [9.17, 15) is 13.2 Å². The van der Waals surface area contributed by atoms with Gasteiger partial charge in [0.25, 0.3) is 0 Å². The summed E-state index contributed by atoms with van der Waals surface area (Å²) in [5, 5.41) is 0. The van der Waals surface area contributed by atoms with Crippen molar-refractivity contribution in [2.75, 3.05) is 20.3 Å². The maximum atomic E-state index is 12.7. The van der Waals surface area contributed by atoms with Crippen molar-refractivity contribution in [3.05, 3.63) is 29.3 Å². The van der Waals surface area contributed by atoms with E-state index in [1.807, 2.05) is 0 Å². The van der Waals surface area contributed by atoms with Crippen LogP contribution in [0.5, 0.6) is 5.75 Å². The lowest BCUT2D eigenvalue weighted by Gasteiger charge is -2.14. The summed E-state index contributed by atoms with van der Waals surface area (Å²) in [7, 11) is 1.55. The molecule has 102 valence electrons. The highest BCUT2D eigenvalue weighted by Gasteiger charge is 2.33. The highest BCUT2D eigenvalue weighted by Crippen LogP contribution is 2.34. The van der Waals surface area contributed by atoms with Gasteiger partial charge in [-0.25, -0.2) is 0 Å². The first-order chi connectivity index (χ1) is 8.49. The van der Waals surface area contributed by atoms with Gasteiger partial charge in [-0.1, -0.05) is 6.07 Å². The topological polar surface area (TPSA) is 44.5 Å². The quantitative estimate of drug-likeness (QED) is 0.802. The third kappa shape index (κ3) is 4.19. The summed E-state index contributed by atoms with van der Waals surface area (Å²) >= 11 is 0. The number of hydrogen-bond acceptors (Lipinski definition) is 3. The molecule has 0 bridgehead atoms. The molecule has 0 fully saturated rings. The van der Waals surface area contributed by atoms with Crippen molar-refractivity contribution >= 4 is 0 Å². The van der Waals surface area contributed by atoms with Gasteiger partial charge in [0.15, 0.2) is 0 Å². The summed E-state index contributed by atoms with van der Waals surface area (Å²) in [6.07, 6.45) is -3.79. The molecule has 0 unspecified atom stereocenters. The smallest absolute Gasteiger partial charge is 0.416 e. The molecule has 6 heteroatoms. The molecule has 0 aliphatic carbocycles. The van der Waals surface area contributed by atoms with E-state index in [1.165, 1.54) is 12.1 Å². The zero-order chi connectivity index (χ0) is 13.6. The van der Waals surface area contributed by atoms with Gasteiger partial charge in [-0.05, 0) is 17.7 Å². The number of alkyl halides is 3. The van der Waals surface area contributed by atoms with Gasteiger partial charge in [0.2, 0.25) is 0 Å². The predicted molar refractivity (Wildman–Crippen MR) is 61.3 cm³/mol. The van der Waals surface area contributed by atoms with E-state index in [0.717, 1.165) is 6.07 Å².